The van der Waals surface area contributed by atoms with E-state index in [0.717, 1.165) is 32.1 Å². The molecule has 0 spiro atoms. The molecule has 0 saturated heterocycles. The maximum atomic E-state index is 5.13. The fraction of sp³-hybridized carbons (Fsp3) is 0.375. The number of halogens is 1. The van der Waals surface area contributed by atoms with Crippen LogP contribution in [0, 0.1) is 43.5 Å². The summed E-state index contributed by atoms with van der Waals surface area (Å²) in [6.45, 7) is 23.1. The molecule has 0 nitrogen and oxygen atoms in total. The molecule has 0 aliphatic carbocycles. The van der Waals surface area contributed by atoms with Gasteiger partial charge in [-0.1, -0.05) is 153 Å². The average molecular weight is 1010 g/mol. The zero-order valence-electron chi connectivity index (χ0n) is 29.5. The van der Waals surface area contributed by atoms with Crippen LogP contribution in [0.2, 0.25) is 0 Å². The van der Waals surface area contributed by atoms with Gasteiger partial charge in [0.15, 0.2) is 0 Å². The molecule has 3 aromatic carbocycles. The third kappa shape index (κ3) is 56.6. The summed E-state index contributed by atoms with van der Waals surface area (Å²) in [7, 11) is 0. The molecule has 3 aromatic rings. The van der Waals surface area contributed by atoms with Gasteiger partial charge in [-0.15, -0.1) is 24.2 Å². The zero-order chi connectivity index (χ0) is 31.7. The van der Waals surface area contributed by atoms with Crippen LogP contribution >= 0.6 is 0 Å². The summed E-state index contributed by atoms with van der Waals surface area (Å²) in [4.78, 5) is 0. The van der Waals surface area contributed by atoms with E-state index in [1.807, 2.05) is 98.6 Å². The van der Waals surface area contributed by atoms with Crippen LogP contribution < -0.4 is 17.0 Å². The number of benzene rings is 3. The Balaban J connectivity index is -0.0000000497. The Morgan fingerprint density at radius 1 is 0.568 bits per heavy atom. The molecule has 0 atom stereocenters. The molecule has 0 aliphatic rings. The third-order valence-electron chi connectivity index (χ3n) is 4.21. The molecule has 44 heavy (non-hydrogen) atoms. The Labute approximate surface area is 331 Å². The third-order valence-corrected chi connectivity index (χ3v) is 4.21. The number of terminal acetylenes is 2. The van der Waals surface area contributed by atoms with E-state index in [9.17, 15) is 0 Å². The number of hydrogen-bond donors (Lipinski definition) is 0. The first-order valence-electron chi connectivity index (χ1n) is 14.9. The summed E-state index contributed by atoms with van der Waals surface area (Å²) in [5.74, 6) is 10.6. The molecule has 0 heterocycles. The van der Waals surface area contributed by atoms with Gasteiger partial charge in [-0.25, -0.2) is 0 Å². The van der Waals surface area contributed by atoms with E-state index in [1.165, 1.54) is 16.7 Å². The predicted molar refractivity (Wildman–Crippen MR) is 193 cm³/mol. The normalized spacial score (nSPS) is 6.45. The van der Waals surface area contributed by atoms with Gasteiger partial charge in [0.2, 0.25) is 0 Å². The Hall–Kier alpha value is -1.17. The maximum absolute atomic E-state index is 5.13. The van der Waals surface area contributed by atoms with Gasteiger partial charge in [-0.05, 0) is 42.9 Å². The quantitative estimate of drug-likeness (QED) is 0.137. The fourth-order valence-corrected chi connectivity index (χ4v) is 2.55. The standard InChI is InChI=1S/C11H12.C10H10.C8H10.C3H3.4C2H6.BrH.Mg.2W/c1-2-3-5-8-11-9-6-4-7-10-11;1-2-3-7-10-8-5-4-6-9-10;1-2-8-6-4-3-5-7-8;1-3-2;4*1-2;;;;/h4,6-7,9-10H,5,8H2,1H3;1,4-6,8-9H,3,7H2;3-7H,2H2,1H3;1H,2H2;4*1-2H3;1H;;;/q;;;-1;;;;;;+2;;/p-1. The van der Waals surface area contributed by atoms with Gasteiger partial charge in [0.05, 0.1) is 0 Å². The van der Waals surface area contributed by atoms with Crippen molar-refractivity contribution in [1.82, 2.24) is 0 Å². The van der Waals surface area contributed by atoms with Crippen LogP contribution in [0.5, 0.6) is 0 Å². The maximum Gasteiger partial charge on any atom is 2.00 e. The van der Waals surface area contributed by atoms with Crippen molar-refractivity contribution in [3.63, 3.8) is 0 Å². The molecular weight excluding hydrogens is 952 g/mol. The van der Waals surface area contributed by atoms with Gasteiger partial charge in [0.25, 0.3) is 0 Å². The molecule has 0 amide bonds. The molecule has 0 bridgehead atoms. The second-order valence-electron chi connectivity index (χ2n) is 6.65. The van der Waals surface area contributed by atoms with Crippen molar-refractivity contribution in [2.24, 2.45) is 0 Å². The topological polar surface area (TPSA) is 0 Å². The Bertz CT molecular complexity index is 953. The minimum Gasteiger partial charge on any atom is -1.00 e. The summed E-state index contributed by atoms with van der Waals surface area (Å²) in [5.41, 5.74) is 4.10. The first kappa shape index (κ1) is 65.5. The summed E-state index contributed by atoms with van der Waals surface area (Å²) in [6.07, 6.45) is 14.6. The summed E-state index contributed by atoms with van der Waals surface area (Å²) < 4.78 is 0. The average Bonchev–Trinajstić information content (AvgIpc) is 3.06. The molecule has 4 heteroatoms. The summed E-state index contributed by atoms with van der Waals surface area (Å²) in [5, 5.41) is 0. The largest absolute Gasteiger partial charge is 2.00 e. The molecule has 0 N–H and O–H groups in total. The molecule has 0 aliphatic heterocycles. The predicted octanol–water partition coefficient (Wildman–Crippen LogP) is 8.32. The zero-order valence-corrected chi connectivity index (χ0v) is 38.3. The van der Waals surface area contributed by atoms with Crippen molar-refractivity contribution in [1.29, 1.82) is 0 Å². The van der Waals surface area contributed by atoms with E-state index in [0.29, 0.717) is 0 Å². The van der Waals surface area contributed by atoms with E-state index in [2.05, 4.69) is 98.7 Å². The van der Waals surface area contributed by atoms with Crippen LogP contribution in [0.4, 0.5) is 0 Å². The Morgan fingerprint density at radius 2 is 0.841 bits per heavy atom. The molecule has 0 radical (unpaired) electrons. The van der Waals surface area contributed by atoms with Crippen LogP contribution in [-0.2, 0) is 61.4 Å². The molecule has 0 saturated carbocycles. The van der Waals surface area contributed by atoms with E-state index >= 15 is 0 Å². The van der Waals surface area contributed by atoms with Crippen molar-refractivity contribution >= 4 is 23.1 Å². The molecule has 0 unspecified atom stereocenters. The van der Waals surface area contributed by atoms with Crippen molar-refractivity contribution in [2.45, 2.75) is 101 Å². The van der Waals surface area contributed by atoms with Crippen LogP contribution in [0.25, 0.3) is 0 Å². The number of hydrogen-bond acceptors (Lipinski definition) is 0. The van der Waals surface area contributed by atoms with Crippen LogP contribution in [0.15, 0.2) is 91.0 Å². The second-order valence-corrected chi connectivity index (χ2v) is 6.65. The monoisotopic (exact) mass is 1010 g/mol. The molecular formula is C40H59BrMgW2. The van der Waals surface area contributed by atoms with Gasteiger partial charge in [0.1, 0.15) is 0 Å². The van der Waals surface area contributed by atoms with Gasteiger partial charge >= 0.3 is 23.1 Å². The minimum atomic E-state index is 0. The van der Waals surface area contributed by atoms with Crippen LogP contribution in [0.1, 0.15) is 98.8 Å². The summed E-state index contributed by atoms with van der Waals surface area (Å²) in [6, 6.07) is 31.2. The van der Waals surface area contributed by atoms with E-state index < -0.39 is 0 Å². The number of aryl methyl sites for hydroxylation is 3. The van der Waals surface area contributed by atoms with Crippen LogP contribution in [-0.4, -0.2) is 23.1 Å². The van der Waals surface area contributed by atoms with Crippen molar-refractivity contribution in [3.05, 3.63) is 115 Å². The van der Waals surface area contributed by atoms with E-state index in [-0.39, 0.29) is 82.2 Å². The SMILES string of the molecule is C#CCCc1ccccc1.C#C[CH2-].CC.CC.CC.CC.CC#CCCc1ccccc1.CCc1ccccc1.[Br-].[Mg+2].[W].[W]. The van der Waals surface area contributed by atoms with E-state index in [1.54, 1.807) is 0 Å². The number of rotatable bonds is 5. The minimum absolute atomic E-state index is 0. The van der Waals surface area contributed by atoms with E-state index in [4.69, 9.17) is 6.42 Å². The van der Waals surface area contributed by atoms with Crippen molar-refractivity contribution in [2.75, 3.05) is 0 Å². The Morgan fingerprint density at radius 3 is 1.07 bits per heavy atom. The Kier molecular flexibility index (Phi) is 102. The molecule has 3 rings (SSSR count). The molecule has 0 aromatic heterocycles. The first-order chi connectivity index (χ1) is 19.7. The van der Waals surface area contributed by atoms with Gasteiger partial charge in [-0.2, -0.15) is 6.92 Å². The van der Waals surface area contributed by atoms with Crippen molar-refractivity contribution < 1.29 is 59.1 Å². The van der Waals surface area contributed by atoms with Gasteiger partial charge < -0.3 is 29.3 Å². The summed E-state index contributed by atoms with van der Waals surface area (Å²) >= 11 is 0. The fourth-order valence-electron chi connectivity index (χ4n) is 2.55. The van der Waals surface area contributed by atoms with Gasteiger partial charge in [-0.3, -0.25) is 0 Å². The molecule has 240 valence electrons. The first-order valence-corrected chi connectivity index (χ1v) is 14.9. The molecule has 0 fully saturated rings. The smallest absolute Gasteiger partial charge is 1.00 e. The second kappa shape index (κ2) is 68.8. The van der Waals surface area contributed by atoms with Crippen LogP contribution in [0.3, 0.4) is 0 Å². The van der Waals surface area contributed by atoms with Crippen molar-refractivity contribution in [3.8, 4) is 36.5 Å². The van der Waals surface area contributed by atoms with Gasteiger partial charge in [0, 0.05) is 55.0 Å².